The Kier molecular flexibility index (Phi) is 6.95. The van der Waals surface area contributed by atoms with E-state index in [2.05, 4.69) is 34.6 Å². The van der Waals surface area contributed by atoms with Crippen molar-refractivity contribution in [2.24, 2.45) is 0 Å². The molecular weight excluding hydrogens is 375 g/mol. The predicted molar refractivity (Wildman–Crippen MR) is 114 cm³/mol. The number of nitrogens with zero attached hydrogens (tertiary/aromatic N) is 1. The molecule has 1 heterocycles. The van der Waals surface area contributed by atoms with E-state index in [1.807, 2.05) is 12.1 Å². The van der Waals surface area contributed by atoms with Crippen molar-refractivity contribution in [1.29, 1.82) is 0 Å². The van der Waals surface area contributed by atoms with Gasteiger partial charge in [0.05, 0.1) is 26.2 Å². The standard InChI is InChI=1S/C21H25FN4OS/c1-2-16-5-3-7-18(13-16)24-21(28)26-11-9-25(10-12-26)15-20(27)23-19-8-4-6-17(22)14-19/h3-8,13-14H,2,9-12,15H2,1H3,(H,23,27)(H,24,28)/p+1. The second kappa shape index (κ2) is 9.61. The molecule has 0 aliphatic carbocycles. The Hall–Kier alpha value is -2.51. The fourth-order valence-electron chi connectivity index (χ4n) is 3.27. The third kappa shape index (κ3) is 5.74. The van der Waals surface area contributed by atoms with Crippen LogP contribution in [0, 0.1) is 5.82 Å². The van der Waals surface area contributed by atoms with E-state index in [9.17, 15) is 9.18 Å². The Labute approximate surface area is 170 Å². The zero-order valence-electron chi connectivity index (χ0n) is 16.0. The smallest absolute Gasteiger partial charge is 0.279 e. The van der Waals surface area contributed by atoms with Crippen molar-refractivity contribution >= 4 is 34.6 Å². The summed E-state index contributed by atoms with van der Waals surface area (Å²) >= 11 is 5.55. The van der Waals surface area contributed by atoms with Crippen LogP contribution in [-0.2, 0) is 11.2 Å². The molecule has 1 amide bonds. The monoisotopic (exact) mass is 401 g/mol. The van der Waals surface area contributed by atoms with Crippen LogP contribution in [0.3, 0.4) is 0 Å². The highest BCUT2D eigenvalue weighted by Crippen LogP contribution is 2.12. The first kappa shape index (κ1) is 20.2. The minimum atomic E-state index is -0.357. The minimum absolute atomic E-state index is 0.105. The van der Waals surface area contributed by atoms with Gasteiger partial charge in [0.1, 0.15) is 5.82 Å². The van der Waals surface area contributed by atoms with E-state index >= 15 is 0 Å². The summed E-state index contributed by atoms with van der Waals surface area (Å²) < 4.78 is 13.2. The number of thiocarbonyl (C=S) groups is 1. The van der Waals surface area contributed by atoms with Crippen LogP contribution in [-0.4, -0.2) is 48.6 Å². The van der Waals surface area contributed by atoms with Crippen LogP contribution >= 0.6 is 12.2 Å². The van der Waals surface area contributed by atoms with Gasteiger partial charge in [-0.1, -0.05) is 25.1 Å². The van der Waals surface area contributed by atoms with Crippen molar-refractivity contribution < 1.29 is 14.1 Å². The van der Waals surface area contributed by atoms with Crippen LogP contribution in [0.1, 0.15) is 12.5 Å². The summed E-state index contributed by atoms with van der Waals surface area (Å²) in [5, 5.41) is 6.79. The second-order valence-corrected chi connectivity index (χ2v) is 7.34. The first-order chi connectivity index (χ1) is 13.5. The molecule has 0 saturated carbocycles. The minimum Gasteiger partial charge on any atom is -0.338 e. The van der Waals surface area contributed by atoms with E-state index in [1.165, 1.54) is 22.6 Å². The van der Waals surface area contributed by atoms with Crippen molar-refractivity contribution in [3.05, 3.63) is 59.9 Å². The first-order valence-electron chi connectivity index (χ1n) is 9.57. The van der Waals surface area contributed by atoms with E-state index in [0.717, 1.165) is 43.4 Å². The SMILES string of the molecule is CCc1cccc(NC(=S)N2CC[NH+](CC(=O)Nc3cccc(F)c3)CC2)c1. The Morgan fingerprint density at radius 3 is 2.46 bits per heavy atom. The third-order valence-electron chi connectivity index (χ3n) is 4.86. The number of carbonyl (C=O) groups excluding carboxylic acids is 1. The van der Waals surface area contributed by atoms with E-state index in [1.54, 1.807) is 12.1 Å². The molecule has 1 aliphatic heterocycles. The molecule has 1 fully saturated rings. The second-order valence-electron chi connectivity index (χ2n) is 6.96. The normalized spacial score (nSPS) is 14.6. The van der Waals surface area contributed by atoms with Crippen LogP contribution in [0.2, 0.25) is 0 Å². The lowest BCUT2D eigenvalue weighted by molar-refractivity contribution is -0.895. The topological polar surface area (TPSA) is 48.8 Å². The average molecular weight is 402 g/mol. The molecule has 0 bridgehead atoms. The third-order valence-corrected chi connectivity index (χ3v) is 5.22. The summed E-state index contributed by atoms with van der Waals surface area (Å²) in [5.74, 6) is -0.463. The molecule has 0 atom stereocenters. The molecule has 0 unspecified atom stereocenters. The molecule has 1 aliphatic rings. The fraction of sp³-hybridized carbons (Fsp3) is 0.333. The van der Waals surface area contributed by atoms with Gasteiger partial charge < -0.3 is 20.4 Å². The van der Waals surface area contributed by atoms with Gasteiger partial charge in [-0.25, -0.2) is 4.39 Å². The van der Waals surface area contributed by atoms with Gasteiger partial charge in [0.25, 0.3) is 5.91 Å². The van der Waals surface area contributed by atoms with E-state index in [4.69, 9.17) is 12.2 Å². The van der Waals surface area contributed by atoms with Crippen LogP contribution in [0.4, 0.5) is 15.8 Å². The molecule has 2 aromatic rings. The summed E-state index contributed by atoms with van der Waals surface area (Å²) in [5.41, 5.74) is 2.77. The lowest BCUT2D eigenvalue weighted by atomic mass is 10.1. The summed E-state index contributed by atoms with van der Waals surface area (Å²) in [6.45, 7) is 5.73. The van der Waals surface area contributed by atoms with Gasteiger partial charge in [0, 0.05) is 11.4 Å². The van der Waals surface area contributed by atoms with Gasteiger partial charge in [-0.15, -0.1) is 0 Å². The Balaban J connectivity index is 1.44. The summed E-state index contributed by atoms with van der Waals surface area (Å²) in [6, 6.07) is 14.2. The van der Waals surface area contributed by atoms with Crippen LogP contribution in [0.25, 0.3) is 0 Å². The highest BCUT2D eigenvalue weighted by molar-refractivity contribution is 7.80. The van der Waals surface area contributed by atoms with E-state index in [0.29, 0.717) is 12.2 Å². The number of aryl methyl sites for hydroxylation is 1. The molecular formula is C21H26FN4OS+. The molecule has 5 nitrogen and oxygen atoms in total. The zero-order chi connectivity index (χ0) is 19.9. The van der Waals surface area contributed by atoms with E-state index in [-0.39, 0.29) is 11.7 Å². The molecule has 148 valence electrons. The summed E-state index contributed by atoms with van der Waals surface area (Å²) in [4.78, 5) is 15.5. The van der Waals surface area contributed by atoms with Gasteiger partial charge in [-0.2, -0.15) is 0 Å². The molecule has 0 radical (unpaired) electrons. The molecule has 2 aromatic carbocycles. The number of benzene rings is 2. The number of piperazine rings is 1. The summed E-state index contributed by atoms with van der Waals surface area (Å²) in [7, 11) is 0. The number of halogens is 1. The summed E-state index contributed by atoms with van der Waals surface area (Å²) in [6.07, 6.45) is 0.988. The largest absolute Gasteiger partial charge is 0.338 e. The molecule has 3 N–H and O–H groups in total. The van der Waals surface area contributed by atoms with Crippen molar-refractivity contribution in [2.75, 3.05) is 43.4 Å². The number of hydrogen-bond donors (Lipinski definition) is 3. The number of anilines is 2. The highest BCUT2D eigenvalue weighted by atomic mass is 32.1. The lowest BCUT2D eigenvalue weighted by Crippen LogP contribution is -3.15. The number of hydrogen-bond acceptors (Lipinski definition) is 2. The Bertz CT molecular complexity index is 837. The maximum absolute atomic E-state index is 13.2. The van der Waals surface area contributed by atoms with Gasteiger partial charge in [-0.3, -0.25) is 4.79 Å². The van der Waals surface area contributed by atoms with Crippen molar-refractivity contribution in [3.8, 4) is 0 Å². The van der Waals surface area contributed by atoms with Crippen LogP contribution in [0.15, 0.2) is 48.5 Å². The van der Waals surface area contributed by atoms with Crippen molar-refractivity contribution in [1.82, 2.24) is 4.90 Å². The van der Waals surface area contributed by atoms with Gasteiger partial charge in [-0.05, 0) is 54.5 Å². The lowest BCUT2D eigenvalue weighted by Gasteiger charge is -2.33. The van der Waals surface area contributed by atoms with Crippen molar-refractivity contribution in [2.45, 2.75) is 13.3 Å². The van der Waals surface area contributed by atoms with Gasteiger partial charge >= 0.3 is 0 Å². The number of rotatable bonds is 5. The quantitative estimate of drug-likeness (QED) is 0.670. The van der Waals surface area contributed by atoms with Gasteiger partial charge in [0.15, 0.2) is 11.7 Å². The first-order valence-corrected chi connectivity index (χ1v) is 9.98. The van der Waals surface area contributed by atoms with Crippen molar-refractivity contribution in [3.63, 3.8) is 0 Å². The number of amides is 1. The molecule has 1 saturated heterocycles. The Morgan fingerprint density at radius 1 is 1.11 bits per heavy atom. The van der Waals surface area contributed by atoms with E-state index < -0.39 is 0 Å². The predicted octanol–water partition coefficient (Wildman–Crippen LogP) is 1.92. The molecule has 7 heteroatoms. The fourth-order valence-corrected chi connectivity index (χ4v) is 3.57. The Morgan fingerprint density at radius 2 is 1.79 bits per heavy atom. The maximum Gasteiger partial charge on any atom is 0.279 e. The number of carbonyl (C=O) groups is 1. The molecule has 0 spiro atoms. The van der Waals surface area contributed by atoms with Crippen LogP contribution < -0.4 is 15.5 Å². The average Bonchev–Trinajstić information content (AvgIpc) is 2.68. The zero-order valence-corrected chi connectivity index (χ0v) is 16.8. The molecule has 28 heavy (non-hydrogen) atoms. The number of quaternary nitrogens is 1. The van der Waals surface area contributed by atoms with Gasteiger partial charge in [0.2, 0.25) is 0 Å². The van der Waals surface area contributed by atoms with Crippen LogP contribution in [0.5, 0.6) is 0 Å². The molecule has 0 aromatic heterocycles. The molecule has 3 rings (SSSR count). The highest BCUT2D eigenvalue weighted by Gasteiger charge is 2.23. The maximum atomic E-state index is 13.2. The number of nitrogens with one attached hydrogen (secondary N) is 3.